The van der Waals surface area contributed by atoms with E-state index in [0.29, 0.717) is 22.0 Å². The number of rotatable bonds is 6. The van der Waals surface area contributed by atoms with E-state index < -0.39 is 12.0 Å². The highest BCUT2D eigenvalue weighted by atomic mass is 35.5. The number of ether oxygens (including phenoxy) is 2. The van der Waals surface area contributed by atoms with Crippen LogP contribution in [-0.2, 0) is 6.61 Å². The summed E-state index contributed by atoms with van der Waals surface area (Å²) in [5.74, 6) is 0.188. The van der Waals surface area contributed by atoms with Gasteiger partial charge in [0.2, 0.25) is 0 Å². The number of hydrogen-bond donors (Lipinski definition) is 1. The number of amides is 1. The number of benzene rings is 4. The van der Waals surface area contributed by atoms with Crippen LogP contribution in [0.4, 0.5) is 15.8 Å². The summed E-state index contributed by atoms with van der Waals surface area (Å²) in [6.45, 7) is 0.0934. The molecule has 1 aliphatic heterocycles. The van der Waals surface area contributed by atoms with Crippen LogP contribution in [0.3, 0.4) is 0 Å². The number of para-hydroxylation sites is 2. The van der Waals surface area contributed by atoms with Crippen molar-refractivity contribution in [3.8, 4) is 11.5 Å². The molecule has 4 aromatic rings. The van der Waals surface area contributed by atoms with Gasteiger partial charge < -0.3 is 14.8 Å². The molecule has 0 saturated heterocycles. The van der Waals surface area contributed by atoms with Gasteiger partial charge in [-0.15, -0.1) is 0 Å². The van der Waals surface area contributed by atoms with Crippen LogP contribution >= 0.6 is 11.6 Å². The van der Waals surface area contributed by atoms with Crippen LogP contribution < -0.4 is 19.7 Å². The quantitative estimate of drug-likeness (QED) is 0.323. The number of nitrogens with zero attached hydrogens (tertiary/aromatic N) is 1. The highest BCUT2D eigenvalue weighted by Gasteiger charge is 2.34. The van der Waals surface area contributed by atoms with Gasteiger partial charge in [-0.3, -0.25) is 9.69 Å². The van der Waals surface area contributed by atoms with Crippen LogP contribution in [0, 0.1) is 5.82 Å². The zero-order valence-corrected chi connectivity index (χ0v) is 19.6. The van der Waals surface area contributed by atoms with Crippen molar-refractivity contribution in [3.05, 3.63) is 119 Å². The van der Waals surface area contributed by atoms with Gasteiger partial charge in [0.05, 0.1) is 12.7 Å². The van der Waals surface area contributed by atoms with Crippen LogP contribution in [0.5, 0.6) is 11.5 Å². The third-order valence-electron chi connectivity index (χ3n) is 5.87. The summed E-state index contributed by atoms with van der Waals surface area (Å²) in [4.78, 5) is 15.3. The molecule has 5 nitrogen and oxygen atoms in total. The van der Waals surface area contributed by atoms with Crippen LogP contribution in [0.1, 0.15) is 27.7 Å². The number of carbonyl (C=O) groups excluding carboxylic acids is 1. The molecule has 1 atom stereocenters. The normalized spacial score (nSPS) is 14.8. The topological polar surface area (TPSA) is 50.8 Å². The number of anilines is 2. The lowest BCUT2D eigenvalue weighted by molar-refractivity contribution is 0.0975. The smallest absolute Gasteiger partial charge is 0.262 e. The molecule has 0 radical (unpaired) electrons. The minimum Gasteiger partial charge on any atom is -0.496 e. The Labute approximate surface area is 207 Å². The molecule has 1 aliphatic rings. The summed E-state index contributed by atoms with van der Waals surface area (Å²) in [5, 5.41) is 4.07. The third-order valence-corrected chi connectivity index (χ3v) is 6.12. The molecule has 0 bridgehead atoms. The maximum absolute atomic E-state index is 14.1. The molecule has 0 spiro atoms. The molecule has 7 heteroatoms. The Morgan fingerprint density at radius 2 is 1.69 bits per heavy atom. The van der Waals surface area contributed by atoms with Crippen molar-refractivity contribution >= 4 is 28.9 Å². The van der Waals surface area contributed by atoms with E-state index in [2.05, 4.69) is 5.32 Å². The SMILES string of the molecule is COc1ccc(C2Nc3ccccc3C(=O)N2c2ccc(Cl)cc2)cc1COc1ccccc1F. The van der Waals surface area contributed by atoms with Gasteiger partial charge in [0, 0.05) is 22.0 Å². The molecular weight excluding hydrogens is 467 g/mol. The maximum Gasteiger partial charge on any atom is 0.262 e. The molecule has 1 N–H and O–H groups in total. The van der Waals surface area contributed by atoms with Crippen LogP contribution in [0.2, 0.25) is 5.02 Å². The first-order chi connectivity index (χ1) is 17.0. The van der Waals surface area contributed by atoms with Crippen molar-refractivity contribution in [2.24, 2.45) is 0 Å². The first-order valence-corrected chi connectivity index (χ1v) is 11.4. The molecular formula is C28H22ClFN2O3. The van der Waals surface area contributed by atoms with Crippen molar-refractivity contribution in [2.75, 3.05) is 17.3 Å². The second-order valence-electron chi connectivity index (χ2n) is 8.03. The van der Waals surface area contributed by atoms with E-state index in [-0.39, 0.29) is 18.3 Å². The van der Waals surface area contributed by atoms with E-state index in [4.69, 9.17) is 21.1 Å². The molecule has 0 aromatic heterocycles. The lowest BCUT2D eigenvalue weighted by Crippen LogP contribution is -2.43. The number of carbonyl (C=O) groups is 1. The van der Waals surface area contributed by atoms with Crippen molar-refractivity contribution < 1.29 is 18.7 Å². The summed E-state index contributed by atoms with van der Waals surface area (Å²) in [5.41, 5.74) is 3.56. The van der Waals surface area contributed by atoms with E-state index >= 15 is 0 Å². The summed E-state index contributed by atoms with van der Waals surface area (Å²) in [7, 11) is 1.57. The van der Waals surface area contributed by atoms with Gasteiger partial charge in [-0.25, -0.2) is 4.39 Å². The van der Waals surface area contributed by atoms with Crippen molar-refractivity contribution in [1.82, 2.24) is 0 Å². The van der Waals surface area contributed by atoms with E-state index in [9.17, 15) is 9.18 Å². The fourth-order valence-corrected chi connectivity index (χ4v) is 4.28. The molecule has 0 fully saturated rings. The van der Waals surface area contributed by atoms with E-state index in [1.807, 2.05) is 48.5 Å². The third kappa shape index (κ3) is 4.53. The average Bonchev–Trinajstić information content (AvgIpc) is 2.89. The van der Waals surface area contributed by atoms with Crippen molar-refractivity contribution in [2.45, 2.75) is 12.8 Å². The first kappa shape index (κ1) is 22.7. The predicted molar refractivity (Wildman–Crippen MR) is 135 cm³/mol. The van der Waals surface area contributed by atoms with Crippen LogP contribution in [-0.4, -0.2) is 13.0 Å². The number of halogens is 2. The van der Waals surface area contributed by atoms with Gasteiger partial charge in [0.15, 0.2) is 11.6 Å². The molecule has 176 valence electrons. The summed E-state index contributed by atoms with van der Waals surface area (Å²) in [6.07, 6.45) is -0.503. The molecule has 0 saturated carbocycles. The summed E-state index contributed by atoms with van der Waals surface area (Å²) in [6, 6.07) is 26.4. The van der Waals surface area contributed by atoms with Gasteiger partial charge >= 0.3 is 0 Å². The largest absolute Gasteiger partial charge is 0.496 e. The molecule has 1 amide bonds. The second-order valence-corrected chi connectivity index (χ2v) is 8.47. The number of methoxy groups -OCH3 is 1. The Morgan fingerprint density at radius 3 is 2.46 bits per heavy atom. The zero-order chi connectivity index (χ0) is 24.4. The van der Waals surface area contributed by atoms with Crippen molar-refractivity contribution in [3.63, 3.8) is 0 Å². The van der Waals surface area contributed by atoms with E-state index in [1.165, 1.54) is 6.07 Å². The Hall–Kier alpha value is -4.03. The van der Waals surface area contributed by atoms with E-state index in [1.54, 1.807) is 48.4 Å². The average molecular weight is 489 g/mol. The number of nitrogens with one attached hydrogen (secondary N) is 1. The number of fused-ring (bicyclic) bond motifs is 1. The van der Waals surface area contributed by atoms with Gasteiger partial charge in [0.1, 0.15) is 18.5 Å². The second kappa shape index (κ2) is 9.68. The monoisotopic (exact) mass is 488 g/mol. The lowest BCUT2D eigenvalue weighted by Gasteiger charge is -2.38. The van der Waals surface area contributed by atoms with Gasteiger partial charge in [0.25, 0.3) is 5.91 Å². The van der Waals surface area contributed by atoms with Gasteiger partial charge in [-0.1, -0.05) is 41.9 Å². The van der Waals surface area contributed by atoms with E-state index in [0.717, 1.165) is 16.8 Å². The minimum atomic E-state index is -0.503. The summed E-state index contributed by atoms with van der Waals surface area (Å²) >= 11 is 6.10. The summed E-state index contributed by atoms with van der Waals surface area (Å²) < 4.78 is 25.3. The molecule has 1 heterocycles. The highest BCUT2D eigenvalue weighted by Crippen LogP contribution is 2.38. The number of hydrogen-bond acceptors (Lipinski definition) is 4. The Morgan fingerprint density at radius 1 is 0.943 bits per heavy atom. The zero-order valence-electron chi connectivity index (χ0n) is 18.9. The lowest BCUT2D eigenvalue weighted by atomic mass is 10.0. The standard InChI is InChI=1S/C28H22ClFN2O3/c1-34-25-15-10-18(16-19(25)17-35-26-9-5-3-7-23(26)30)27-31-24-8-4-2-6-22(24)28(33)32(27)21-13-11-20(29)12-14-21/h2-16,27,31H,17H2,1H3. The maximum atomic E-state index is 14.1. The first-order valence-electron chi connectivity index (χ1n) is 11.0. The van der Waals surface area contributed by atoms with Crippen LogP contribution in [0.15, 0.2) is 91.0 Å². The molecule has 5 rings (SSSR count). The highest BCUT2D eigenvalue weighted by molar-refractivity contribution is 6.30. The van der Waals surface area contributed by atoms with Gasteiger partial charge in [-0.2, -0.15) is 0 Å². The minimum absolute atomic E-state index is 0.0934. The van der Waals surface area contributed by atoms with Crippen LogP contribution in [0.25, 0.3) is 0 Å². The van der Waals surface area contributed by atoms with Crippen molar-refractivity contribution in [1.29, 1.82) is 0 Å². The fraction of sp³-hybridized carbons (Fsp3) is 0.107. The Bertz CT molecular complexity index is 1380. The fourth-order valence-electron chi connectivity index (χ4n) is 4.15. The molecule has 0 aliphatic carbocycles. The molecule has 4 aromatic carbocycles. The molecule has 35 heavy (non-hydrogen) atoms. The van der Waals surface area contributed by atoms with Gasteiger partial charge in [-0.05, 0) is 66.2 Å². The predicted octanol–water partition coefficient (Wildman–Crippen LogP) is 6.84. The Kier molecular flexibility index (Phi) is 6.29. The Balaban J connectivity index is 1.54. The molecule has 1 unspecified atom stereocenters.